The number of carbonyl (C=O) groups excluding carboxylic acids is 1. The lowest BCUT2D eigenvalue weighted by Crippen LogP contribution is -2.54. The molecule has 1 saturated carbocycles. The standard InChI is InChI=1S/C27H26ClF4N3O/c1-17-6-2-3-7-18(17)15-26(24-11-10-21(28)16-33-24,35-25(36)34-23-8-4-5-9-23)19-12-20(27(30,31)32)14-22(29)13-19/h2-3,6-7,10-14,16,23H,4-5,8-9,15H2,1H3,(H2,34,35,36)/t26-/m0/s1. The average Bonchev–Trinajstić information content (AvgIpc) is 3.32. The molecule has 190 valence electrons. The lowest BCUT2D eigenvalue weighted by molar-refractivity contribution is -0.137. The highest BCUT2D eigenvalue weighted by Gasteiger charge is 2.41. The quantitative estimate of drug-likeness (QED) is 0.347. The molecule has 2 N–H and O–H groups in total. The van der Waals surface area contributed by atoms with Crippen molar-refractivity contribution < 1.29 is 22.4 Å². The maximum Gasteiger partial charge on any atom is 0.416 e. The number of urea groups is 1. The zero-order valence-electron chi connectivity index (χ0n) is 19.6. The van der Waals surface area contributed by atoms with E-state index in [4.69, 9.17) is 11.6 Å². The van der Waals surface area contributed by atoms with Crippen LogP contribution in [0.4, 0.5) is 22.4 Å². The summed E-state index contributed by atoms with van der Waals surface area (Å²) in [6.45, 7) is 1.86. The Balaban J connectivity index is 1.91. The molecule has 36 heavy (non-hydrogen) atoms. The smallest absolute Gasteiger partial charge is 0.335 e. The maximum absolute atomic E-state index is 14.7. The van der Waals surface area contributed by atoms with Crippen LogP contribution in [-0.4, -0.2) is 17.1 Å². The number of carbonyl (C=O) groups is 1. The topological polar surface area (TPSA) is 54.0 Å². The van der Waals surface area contributed by atoms with Crippen LogP contribution >= 0.6 is 11.6 Å². The van der Waals surface area contributed by atoms with Crippen LogP contribution < -0.4 is 10.6 Å². The van der Waals surface area contributed by atoms with Crippen LogP contribution in [0.2, 0.25) is 5.02 Å². The number of hydrogen-bond acceptors (Lipinski definition) is 2. The van der Waals surface area contributed by atoms with Crippen molar-refractivity contribution in [2.24, 2.45) is 0 Å². The van der Waals surface area contributed by atoms with Crippen molar-refractivity contribution in [2.45, 2.75) is 56.8 Å². The molecular formula is C27H26ClF4N3O. The van der Waals surface area contributed by atoms with Crippen LogP contribution in [0, 0.1) is 12.7 Å². The highest BCUT2D eigenvalue weighted by Crippen LogP contribution is 2.38. The molecule has 1 aliphatic carbocycles. The Labute approximate surface area is 212 Å². The van der Waals surface area contributed by atoms with E-state index in [0.717, 1.165) is 48.9 Å². The third-order valence-corrected chi connectivity index (χ3v) is 6.84. The highest BCUT2D eigenvalue weighted by atomic mass is 35.5. The zero-order chi connectivity index (χ0) is 25.9. The second-order valence-corrected chi connectivity index (χ2v) is 9.61. The molecule has 4 rings (SSSR count). The van der Waals surface area contributed by atoms with Gasteiger partial charge in [0.15, 0.2) is 0 Å². The van der Waals surface area contributed by atoms with Crippen LogP contribution in [0.25, 0.3) is 0 Å². The summed E-state index contributed by atoms with van der Waals surface area (Å²) >= 11 is 6.05. The summed E-state index contributed by atoms with van der Waals surface area (Å²) in [5, 5.41) is 6.14. The molecule has 2 aromatic carbocycles. The molecule has 0 spiro atoms. The van der Waals surface area contributed by atoms with Gasteiger partial charge in [-0.25, -0.2) is 9.18 Å². The number of halogens is 5. The third kappa shape index (κ3) is 5.81. The van der Waals surface area contributed by atoms with Crippen LogP contribution in [0.5, 0.6) is 0 Å². The number of nitrogens with one attached hydrogen (secondary N) is 2. The zero-order valence-corrected chi connectivity index (χ0v) is 20.4. The van der Waals surface area contributed by atoms with Gasteiger partial charge in [0.25, 0.3) is 0 Å². The Morgan fingerprint density at radius 2 is 1.75 bits per heavy atom. The molecule has 1 aromatic heterocycles. The molecule has 1 heterocycles. The fraction of sp³-hybridized carbons (Fsp3) is 0.333. The van der Waals surface area contributed by atoms with Crippen LogP contribution in [0.15, 0.2) is 60.8 Å². The molecule has 1 aliphatic rings. The molecule has 3 aromatic rings. The molecule has 1 fully saturated rings. The summed E-state index contributed by atoms with van der Waals surface area (Å²) in [5.74, 6) is -1.07. The van der Waals surface area contributed by atoms with Gasteiger partial charge < -0.3 is 10.6 Å². The van der Waals surface area contributed by atoms with E-state index in [1.807, 2.05) is 25.1 Å². The molecule has 9 heteroatoms. The molecule has 0 radical (unpaired) electrons. The lowest BCUT2D eigenvalue weighted by atomic mass is 9.79. The molecular weight excluding hydrogens is 494 g/mol. The summed E-state index contributed by atoms with van der Waals surface area (Å²) in [5.41, 5.74) is -1.00. The Kier molecular flexibility index (Phi) is 7.54. The predicted octanol–water partition coefficient (Wildman–Crippen LogP) is 6.93. The normalized spacial score (nSPS) is 15.9. The predicted molar refractivity (Wildman–Crippen MR) is 130 cm³/mol. The van der Waals surface area contributed by atoms with E-state index in [1.165, 1.54) is 18.3 Å². The van der Waals surface area contributed by atoms with E-state index in [-0.39, 0.29) is 23.7 Å². The molecule has 0 saturated heterocycles. The second-order valence-electron chi connectivity index (χ2n) is 9.18. The fourth-order valence-electron chi connectivity index (χ4n) is 4.73. The minimum Gasteiger partial charge on any atom is -0.335 e. The van der Waals surface area contributed by atoms with Gasteiger partial charge in [-0.1, -0.05) is 48.7 Å². The van der Waals surface area contributed by atoms with E-state index >= 15 is 0 Å². The number of amides is 2. The number of nitrogens with zero attached hydrogens (tertiary/aromatic N) is 1. The van der Waals surface area contributed by atoms with Crippen LogP contribution in [0.1, 0.15) is 53.6 Å². The average molecular weight is 520 g/mol. The number of aryl methyl sites for hydroxylation is 1. The van der Waals surface area contributed by atoms with Crippen molar-refractivity contribution in [1.29, 1.82) is 0 Å². The number of alkyl halides is 3. The van der Waals surface area contributed by atoms with Crippen molar-refractivity contribution in [3.8, 4) is 0 Å². The largest absolute Gasteiger partial charge is 0.416 e. The van der Waals surface area contributed by atoms with Gasteiger partial charge in [-0.15, -0.1) is 0 Å². The Bertz CT molecular complexity index is 1230. The second kappa shape index (κ2) is 10.5. The van der Waals surface area contributed by atoms with Gasteiger partial charge in [0.1, 0.15) is 11.4 Å². The van der Waals surface area contributed by atoms with Gasteiger partial charge in [0.2, 0.25) is 0 Å². The van der Waals surface area contributed by atoms with Gasteiger partial charge in [-0.05, 0) is 66.8 Å². The molecule has 4 nitrogen and oxygen atoms in total. The first-order valence-corrected chi connectivity index (χ1v) is 12.1. The van der Waals surface area contributed by atoms with Crippen molar-refractivity contribution in [2.75, 3.05) is 0 Å². The molecule has 2 amide bonds. The van der Waals surface area contributed by atoms with Gasteiger partial charge in [0, 0.05) is 18.7 Å². The first-order valence-electron chi connectivity index (χ1n) is 11.7. The van der Waals surface area contributed by atoms with Gasteiger partial charge in [-0.3, -0.25) is 4.98 Å². The summed E-state index contributed by atoms with van der Waals surface area (Å²) < 4.78 is 55.8. The van der Waals surface area contributed by atoms with Crippen LogP contribution in [0.3, 0.4) is 0 Å². The Morgan fingerprint density at radius 3 is 2.39 bits per heavy atom. The minimum atomic E-state index is -4.79. The van der Waals surface area contributed by atoms with Gasteiger partial charge in [-0.2, -0.15) is 13.2 Å². The maximum atomic E-state index is 14.7. The van der Waals surface area contributed by atoms with E-state index < -0.39 is 29.1 Å². The summed E-state index contributed by atoms with van der Waals surface area (Å²) in [7, 11) is 0. The first-order chi connectivity index (χ1) is 17.1. The lowest BCUT2D eigenvalue weighted by Gasteiger charge is -2.36. The first kappa shape index (κ1) is 25.9. The van der Waals surface area contributed by atoms with E-state index in [1.54, 1.807) is 6.07 Å². The summed E-state index contributed by atoms with van der Waals surface area (Å²) in [6.07, 6.45) is 0.195. The number of rotatable bonds is 6. The highest BCUT2D eigenvalue weighted by molar-refractivity contribution is 6.30. The number of benzene rings is 2. The Morgan fingerprint density at radius 1 is 1.06 bits per heavy atom. The number of hydrogen-bond donors (Lipinski definition) is 2. The summed E-state index contributed by atoms with van der Waals surface area (Å²) in [4.78, 5) is 17.7. The van der Waals surface area contributed by atoms with E-state index in [0.29, 0.717) is 11.1 Å². The minimum absolute atomic E-state index is 0.0349. The van der Waals surface area contributed by atoms with Crippen molar-refractivity contribution in [3.05, 3.63) is 99.6 Å². The van der Waals surface area contributed by atoms with Crippen LogP contribution in [-0.2, 0) is 18.1 Å². The van der Waals surface area contributed by atoms with Crippen molar-refractivity contribution in [3.63, 3.8) is 0 Å². The number of pyridine rings is 1. The van der Waals surface area contributed by atoms with Crippen molar-refractivity contribution >= 4 is 17.6 Å². The fourth-order valence-corrected chi connectivity index (χ4v) is 4.84. The van der Waals surface area contributed by atoms with Gasteiger partial charge >= 0.3 is 12.2 Å². The molecule has 0 aliphatic heterocycles. The monoisotopic (exact) mass is 519 g/mol. The number of aromatic nitrogens is 1. The molecule has 0 bridgehead atoms. The van der Waals surface area contributed by atoms with Gasteiger partial charge in [0.05, 0.1) is 16.3 Å². The Hall–Kier alpha value is -3.13. The third-order valence-electron chi connectivity index (χ3n) is 6.62. The molecule has 0 unspecified atom stereocenters. The van der Waals surface area contributed by atoms with Crippen molar-refractivity contribution in [1.82, 2.24) is 15.6 Å². The molecule has 1 atom stereocenters. The van der Waals surface area contributed by atoms with E-state index in [2.05, 4.69) is 15.6 Å². The SMILES string of the molecule is Cc1ccccc1C[C@](NC(=O)NC1CCCC1)(c1cc(F)cc(C(F)(F)F)c1)c1ccc(Cl)cn1. The summed E-state index contributed by atoms with van der Waals surface area (Å²) in [6, 6.07) is 12.1. The van der Waals surface area contributed by atoms with E-state index in [9.17, 15) is 22.4 Å².